The van der Waals surface area contributed by atoms with Crippen LogP contribution in [-0.4, -0.2) is 84.4 Å². The van der Waals surface area contributed by atoms with E-state index in [1.54, 1.807) is 6.26 Å². The molecule has 0 aromatic carbocycles. The highest BCUT2D eigenvalue weighted by atomic mass is 16.5. The first-order valence-corrected chi connectivity index (χ1v) is 11.2. The number of morpholine rings is 1. The van der Waals surface area contributed by atoms with Crippen LogP contribution in [0.1, 0.15) is 25.1 Å². The van der Waals surface area contributed by atoms with Crippen molar-refractivity contribution in [2.75, 3.05) is 57.3 Å². The normalized spacial score (nSPS) is 20.8. The fraction of sp³-hybridized carbons (Fsp3) is 0.591. The number of hydrogen-bond acceptors (Lipinski definition) is 7. The Hall–Kier alpha value is -2.65. The molecule has 4 rings (SSSR count). The molecule has 4 heterocycles. The van der Waals surface area contributed by atoms with Gasteiger partial charge in [0.1, 0.15) is 12.1 Å². The molecule has 2 aromatic heterocycles. The molecule has 1 N–H and O–H groups in total. The number of ether oxygens (including phenoxy) is 1. The first-order chi connectivity index (χ1) is 15.2. The topological polar surface area (TPSA) is 82.3 Å². The molecule has 0 saturated carbocycles. The summed E-state index contributed by atoms with van der Waals surface area (Å²) in [6, 6.07) is 6.13. The van der Waals surface area contributed by atoms with Crippen LogP contribution in [0.25, 0.3) is 0 Å². The van der Waals surface area contributed by atoms with Crippen molar-refractivity contribution < 1.29 is 9.26 Å². The summed E-state index contributed by atoms with van der Waals surface area (Å²) in [7, 11) is 0. The van der Waals surface area contributed by atoms with Gasteiger partial charge in [0.15, 0.2) is 5.96 Å². The first kappa shape index (κ1) is 21.6. The minimum Gasteiger partial charge on any atom is -0.375 e. The van der Waals surface area contributed by atoms with Crippen LogP contribution in [0.4, 0.5) is 5.82 Å². The van der Waals surface area contributed by atoms with Crippen molar-refractivity contribution in [3.63, 3.8) is 0 Å². The van der Waals surface area contributed by atoms with Crippen LogP contribution in [-0.2, 0) is 17.8 Å². The van der Waals surface area contributed by atoms with Gasteiger partial charge in [0.05, 0.1) is 24.9 Å². The minimum atomic E-state index is 0.237. The van der Waals surface area contributed by atoms with Crippen molar-refractivity contribution >= 4 is 11.8 Å². The highest BCUT2D eigenvalue weighted by molar-refractivity contribution is 5.80. The van der Waals surface area contributed by atoms with E-state index in [4.69, 9.17) is 14.3 Å². The number of nitrogens with zero attached hydrogens (tertiary/aromatic N) is 6. The molecule has 31 heavy (non-hydrogen) atoms. The van der Waals surface area contributed by atoms with Gasteiger partial charge in [-0.3, -0.25) is 4.90 Å². The third kappa shape index (κ3) is 5.95. The van der Waals surface area contributed by atoms with Gasteiger partial charge in [-0.25, -0.2) is 9.98 Å². The zero-order chi connectivity index (χ0) is 21.5. The van der Waals surface area contributed by atoms with Gasteiger partial charge >= 0.3 is 0 Å². The molecule has 9 heteroatoms. The Bertz CT molecular complexity index is 834. The van der Waals surface area contributed by atoms with Gasteiger partial charge < -0.3 is 24.4 Å². The number of nitrogens with one attached hydrogen (secondary N) is 1. The van der Waals surface area contributed by atoms with E-state index >= 15 is 0 Å². The lowest BCUT2D eigenvalue weighted by molar-refractivity contribution is 0.0529. The largest absolute Gasteiger partial charge is 0.375 e. The van der Waals surface area contributed by atoms with Crippen LogP contribution in [0.2, 0.25) is 0 Å². The molecule has 168 valence electrons. The number of aromatic nitrogens is 2. The molecule has 0 aliphatic carbocycles. The lowest BCUT2D eigenvalue weighted by atomic mass is 10.2. The molecule has 0 amide bonds. The minimum absolute atomic E-state index is 0.237. The maximum atomic E-state index is 5.65. The Morgan fingerprint density at radius 2 is 2.10 bits per heavy atom. The van der Waals surface area contributed by atoms with Crippen molar-refractivity contribution in [2.45, 2.75) is 33.0 Å². The van der Waals surface area contributed by atoms with Gasteiger partial charge in [0.25, 0.3) is 0 Å². The van der Waals surface area contributed by atoms with E-state index in [0.29, 0.717) is 6.54 Å². The molecule has 0 bridgehead atoms. The maximum absolute atomic E-state index is 5.65. The molecular formula is C22H33N7O2. The zero-order valence-electron chi connectivity index (χ0n) is 18.5. The molecule has 9 nitrogen and oxygen atoms in total. The second kappa shape index (κ2) is 10.6. The molecule has 2 aliphatic rings. The lowest BCUT2D eigenvalue weighted by Crippen LogP contribution is -2.52. The molecule has 2 aromatic rings. The Morgan fingerprint density at radius 1 is 1.23 bits per heavy atom. The average Bonchev–Trinajstić information content (AvgIpc) is 3.31. The van der Waals surface area contributed by atoms with Gasteiger partial charge in [-0.1, -0.05) is 5.16 Å². The second-order valence-corrected chi connectivity index (χ2v) is 8.07. The Kier molecular flexibility index (Phi) is 7.37. The molecule has 2 fully saturated rings. The second-order valence-electron chi connectivity index (χ2n) is 8.07. The van der Waals surface area contributed by atoms with Crippen molar-refractivity contribution in [3.05, 3.63) is 41.9 Å². The monoisotopic (exact) mass is 427 g/mol. The fourth-order valence-electron chi connectivity index (χ4n) is 4.02. The highest BCUT2D eigenvalue weighted by Gasteiger charge is 2.21. The average molecular weight is 428 g/mol. The quantitative estimate of drug-likeness (QED) is 0.550. The van der Waals surface area contributed by atoms with Crippen LogP contribution in [0.3, 0.4) is 0 Å². The van der Waals surface area contributed by atoms with Crippen molar-refractivity contribution in [1.82, 2.24) is 25.3 Å². The maximum Gasteiger partial charge on any atom is 0.194 e. The summed E-state index contributed by atoms with van der Waals surface area (Å²) < 4.78 is 10.6. The van der Waals surface area contributed by atoms with Crippen molar-refractivity contribution in [1.29, 1.82) is 0 Å². The Morgan fingerprint density at radius 3 is 2.84 bits per heavy atom. The van der Waals surface area contributed by atoms with E-state index < -0.39 is 0 Å². The third-order valence-electron chi connectivity index (χ3n) is 5.67. The Labute approximate surface area is 184 Å². The zero-order valence-corrected chi connectivity index (χ0v) is 18.5. The molecule has 1 atom stereocenters. The number of anilines is 1. The molecule has 1 unspecified atom stereocenters. The number of pyridine rings is 1. The van der Waals surface area contributed by atoms with Crippen molar-refractivity contribution in [2.24, 2.45) is 4.99 Å². The van der Waals surface area contributed by atoms with E-state index in [1.165, 1.54) is 5.56 Å². The van der Waals surface area contributed by atoms with Crippen LogP contribution in [0.5, 0.6) is 0 Å². The summed E-state index contributed by atoms with van der Waals surface area (Å²) in [6.07, 6.45) is 3.75. The number of hydrogen-bond donors (Lipinski definition) is 1. The van der Waals surface area contributed by atoms with Gasteiger partial charge in [-0.15, -0.1) is 0 Å². The Balaban J connectivity index is 1.35. The van der Waals surface area contributed by atoms with E-state index in [-0.39, 0.29) is 6.10 Å². The van der Waals surface area contributed by atoms with E-state index in [2.05, 4.69) is 56.1 Å². The molecule has 0 radical (unpaired) electrons. The van der Waals surface area contributed by atoms with E-state index in [1.807, 2.05) is 12.3 Å². The fourth-order valence-corrected chi connectivity index (χ4v) is 4.02. The smallest absolute Gasteiger partial charge is 0.194 e. The van der Waals surface area contributed by atoms with Crippen LogP contribution in [0.15, 0.2) is 40.2 Å². The molecule has 0 spiro atoms. The van der Waals surface area contributed by atoms with Crippen LogP contribution in [0, 0.1) is 0 Å². The molecule has 2 saturated heterocycles. The van der Waals surface area contributed by atoms with Gasteiger partial charge in [0.2, 0.25) is 0 Å². The molecule has 2 aliphatic heterocycles. The number of aliphatic imine (C=N–C) groups is 1. The summed E-state index contributed by atoms with van der Waals surface area (Å²) in [5, 5.41) is 7.47. The summed E-state index contributed by atoms with van der Waals surface area (Å²) in [4.78, 5) is 16.5. The number of guanidine groups is 1. The summed E-state index contributed by atoms with van der Waals surface area (Å²) in [6.45, 7) is 12.9. The van der Waals surface area contributed by atoms with Crippen LogP contribution < -0.4 is 10.2 Å². The number of rotatable bonds is 6. The van der Waals surface area contributed by atoms with Gasteiger partial charge in [0, 0.05) is 64.6 Å². The van der Waals surface area contributed by atoms with E-state index in [0.717, 1.165) is 76.4 Å². The third-order valence-corrected chi connectivity index (χ3v) is 5.67. The lowest BCUT2D eigenvalue weighted by Gasteiger charge is -2.36. The van der Waals surface area contributed by atoms with Gasteiger partial charge in [-0.2, -0.15) is 0 Å². The summed E-state index contributed by atoms with van der Waals surface area (Å²) >= 11 is 0. The predicted octanol–water partition coefficient (Wildman–Crippen LogP) is 1.58. The highest BCUT2D eigenvalue weighted by Crippen LogP contribution is 2.17. The van der Waals surface area contributed by atoms with Crippen LogP contribution >= 0.6 is 0 Å². The first-order valence-electron chi connectivity index (χ1n) is 11.2. The summed E-state index contributed by atoms with van der Waals surface area (Å²) in [5.41, 5.74) is 2.15. The van der Waals surface area contributed by atoms with Crippen molar-refractivity contribution in [3.8, 4) is 0 Å². The molecular weight excluding hydrogens is 394 g/mol. The van der Waals surface area contributed by atoms with Gasteiger partial charge in [-0.05, 0) is 31.5 Å². The predicted molar refractivity (Wildman–Crippen MR) is 120 cm³/mol. The summed E-state index contributed by atoms with van der Waals surface area (Å²) in [5.74, 6) is 1.98. The number of piperazine rings is 1. The SMILES string of the molecule is CCNC(=NCc1ccnc(N2CCOC(C)C2)c1)N1CCN(Cc2ccon2)CC1. The standard InChI is InChI=1S/C22H33N7O2/c1-3-23-22(28-9-7-27(8-10-28)17-20-5-12-31-26-20)25-15-19-4-6-24-21(14-19)29-11-13-30-18(2)16-29/h4-6,12,14,18H,3,7-11,13,15-17H2,1-2H3,(H,23,25). The van der Waals surface area contributed by atoms with E-state index in [9.17, 15) is 0 Å².